The van der Waals surface area contributed by atoms with Gasteiger partial charge in [0.2, 0.25) is 0 Å². The van der Waals surface area contributed by atoms with Gasteiger partial charge in [0, 0.05) is 23.9 Å². The Morgan fingerprint density at radius 3 is 2.89 bits per heavy atom. The predicted octanol–water partition coefficient (Wildman–Crippen LogP) is 2.08. The molecule has 0 aliphatic carbocycles. The van der Waals surface area contributed by atoms with Gasteiger partial charge in [0.15, 0.2) is 0 Å². The highest BCUT2D eigenvalue weighted by Crippen LogP contribution is 2.30. The van der Waals surface area contributed by atoms with Crippen LogP contribution in [-0.2, 0) is 13.0 Å². The second-order valence-electron chi connectivity index (χ2n) is 4.17. The van der Waals surface area contributed by atoms with Crippen LogP contribution < -0.4 is 10.5 Å². The normalized spacial score (nSPS) is 10.6. The van der Waals surface area contributed by atoms with Gasteiger partial charge in [0.25, 0.3) is 0 Å². The molecule has 1 aromatic heterocycles. The van der Waals surface area contributed by atoms with Crippen molar-refractivity contribution in [3.63, 3.8) is 0 Å². The minimum atomic E-state index is 0.591. The maximum atomic E-state index is 5.52. The number of hydrogen-bond donors (Lipinski definition) is 1. The third kappa shape index (κ3) is 2.54. The molecule has 0 spiro atoms. The molecule has 0 atom stereocenters. The maximum Gasteiger partial charge on any atom is 0.126 e. The fraction of sp³-hybridized carbons (Fsp3) is 0.357. The van der Waals surface area contributed by atoms with Crippen molar-refractivity contribution in [1.82, 2.24) is 9.78 Å². The first kappa shape index (κ1) is 12.6. The molecule has 96 valence electrons. The van der Waals surface area contributed by atoms with Crippen LogP contribution >= 0.6 is 0 Å². The van der Waals surface area contributed by atoms with Crippen molar-refractivity contribution in [2.45, 2.75) is 19.9 Å². The molecule has 0 radical (unpaired) electrons. The average Bonchev–Trinajstić information content (AvgIpc) is 2.87. The molecule has 1 aromatic carbocycles. The maximum absolute atomic E-state index is 5.52. The Kier molecular flexibility index (Phi) is 3.99. The molecule has 0 fully saturated rings. The number of nitrogens with zero attached hydrogens (tertiary/aromatic N) is 2. The number of aryl methyl sites for hydroxylation is 1. The standard InChI is InChI=1S/C14H19N3O/c1-3-11-4-5-14(18-2)13(8-11)12-9-16-17(10-12)7-6-15/h4-5,8-10H,3,6-7,15H2,1-2H3. The van der Waals surface area contributed by atoms with Gasteiger partial charge in [-0.25, -0.2) is 0 Å². The van der Waals surface area contributed by atoms with E-state index in [-0.39, 0.29) is 0 Å². The number of hydrogen-bond acceptors (Lipinski definition) is 3. The molecule has 0 aliphatic heterocycles. The minimum absolute atomic E-state index is 0.591. The Morgan fingerprint density at radius 2 is 2.22 bits per heavy atom. The molecule has 1 heterocycles. The monoisotopic (exact) mass is 245 g/mol. The summed E-state index contributed by atoms with van der Waals surface area (Å²) in [6.07, 6.45) is 4.87. The van der Waals surface area contributed by atoms with Crippen LogP contribution in [0.1, 0.15) is 12.5 Å². The smallest absolute Gasteiger partial charge is 0.126 e. The molecular formula is C14H19N3O. The van der Waals surface area contributed by atoms with Crippen LogP contribution in [0.4, 0.5) is 0 Å². The summed E-state index contributed by atoms with van der Waals surface area (Å²) >= 11 is 0. The number of ether oxygens (including phenoxy) is 1. The van der Waals surface area contributed by atoms with Crippen molar-refractivity contribution in [3.8, 4) is 16.9 Å². The summed E-state index contributed by atoms with van der Waals surface area (Å²) < 4.78 is 7.26. The highest BCUT2D eigenvalue weighted by Gasteiger charge is 2.08. The van der Waals surface area contributed by atoms with Crippen LogP contribution in [0.3, 0.4) is 0 Å². The van der Waals surface area contributed by atoms with Crippen molar-refractivity contribution in [1.29, 1.82) is 0 Å². The molecule has 4 heteroatoms. The molecule has 2 aromatic rings. The molecule has 0 amide bonds. The molecule has 0 saturated heterocycles. The SMILES string of the molecule is CCc1ccc(OC)c(-c2cnn(CCN)c2)c1. The van der Waals surface area contributed by atoms with Crippen LogP contribution in [-0.4, -0.2) is 23.4 Å². The van der Waals surface area contributed by atoms with Crippen molar-refractivity contribution in [2.24, 2.45) is 5.73 Å². The second-order valence-corrected chi connectivity index (χ2v) is 4.17. The number of benzene rings is 1. The number of rotatable bonds is 5. The van der Waals surface area contributed by atoms with E-state index < -0.39 is 0 Å². The van der Waals surface area contributed by atoms with Crippen LogP contribution in [0.2, 0.25) is 0 Å². The van der Waals surface area contributed by atoms with E-state index in [1.165, 1.54) is 5.56 Å². The molecule has 18 heavy (non-hydrogen) atoms. The summed E-state index contributed by atoms with van der Waals surface area (Å²) in [5.41, 5.74) is 8.96. The first-order valence-corrected chi connectivity index (χ1v) is 6.18. The molecule has 0 aliphatic rings. The summed E-state index contributed by atoms with van der Waals surface area (Å²) in [6.45, 7) is 3.46. The lowest BCUT2D eigenvalue weighted by atomic mass is 10.0. The lowest BCUT2D eigenvalue weighted by molar-refractivity contribution is 0.416. The van der Waals surface area contributed by atoms with Crippen molar-refractivity contribution >= 4 is 0 Å². The fourth-order valence-electron chi connectivity index (χ4n) is 1.96. The zero-order valence-corrected chi connectivity index (χ0v) is 10.9. The zero-order chi connectivity index (χ0) is 13.0. The Labute approximate surface area is 107 Å². The van der Waals surface area contributed by atoms with Gasteiger partial charge in [-0.15, -0.1) is 0 Å². The number of methoxy groups -OCH3 is 1. The largest absolute Gasteiger partial charge is 0.496 e. The van der Waals surface area contributed by atoms with E-state index in [2.05, 4.69) is 24.2 Å². The van der Waals surface area contributed by atoms with Gasteiger partial charge in [-0.3, -0.25) is 4.68 Å². The summed E-state index contributed by atoms with van der Waals surface area (Å²) in [7, 11) is 1.69. The fourth-order valence-corrected chi connectivity index (χ4v) is 1.96. The quantitative estimate of drug-likeness (QED) is 0.877. The zero-order valence-electron chi connectivity index (χ0n) is 10.9. The van der Waals surface area contributed by atoms with Gasteiger partial charge in [-0.2, -0.15) is 5.10 Å². The third-order valence-electron chi connectivity index (χ3n) is 2.97. The Morgan fingerprint density at radius 1 is 1.39 bits per heavy atom. The highest BCUT2D eigenvalue weighted by atomic mass is 16.5. The van der Waals surface area contributed by atoms with Gasteiger partial charge in [-0.1, -0.05) is 13.0 Å². The van der Waals surface area contributed by atoms with Crippen LogP contribution in [0, 0.1) is 0 Å². The first-order valence-electron chi connectivity index (χ1n) is 6.18. The Balaban J connectivity index is 2.40. The molecule has 4 nitrogen and oxygen atoms in total. The van der Waals surface area contributed by atoms with Gasteiger partial charge in [-0.05, 0) is 24.1 Å². The van der Waals surface area contributed by atoms with E-state index in [1.54, 1.807) is 7.11 Å². The number of nitrogens with two attached hydrogens (primary N) is 1. The second kappa shape index (κ2) is 5.69. The Hall–Kier alpha value is -1.81. The summed E-state index contributed by atoms with van der Waals surface area (Å²) in [6, 6.07) is 6.25. The average molecular weight is 245 g/mol. The van der Waals surface area contributed by atoms with Crippen molar-refractivity contribution < 1.29 is 4.74 Å². The van der Waals surface area contributed by atoms with Gasteiger partial charge < -0.3 is 10.5 Å². The summed E-state index contributed by atoms with van der Waals surface area (Å²) in [4.78, 5) is 0. The molecule has 2 N–H and O–H groups in total. The molecule has 0 unspecified atom stereocenters. The minimum Gasteiger partial charge on any atom is -0.496 e. The topological polar surface area (TPSA) is 53.1 Å². The van der Waals surface area contributed by atoms with Gasteiger partial charge in [0.1, 0.15) is 5.75 Å². The van der Waals surface area contributed by atoms with Gasteiger partial charge >= 0.3 is 0 Å². The third-order valence-corrected chi connectivity index (χ3v) is 2.97. The summed E-state index contributed by atoms with van der Waals surface area (Å²) in [5, 5.41) is 4.29. The van der Waals surface area contributed by atoms with Crippen LogP contribution in [0.5, 0.6) is 5.75 Å². The summed E-state index contributed by atoms with van der Waals surface area (Å²) in [5.74, 6) is 0.875. The lowest BCUT2D eigenvalue weighted by Crippen LogP contribution is -2.09. The molecule has 2 rings (SSSR count). The van der Waals surface area contributed by atoms with Crippen molar-refractivity contribution in [3.05, 3.63) is 36.2 Å². The van der Waals surface area contributed by atoms with E-state index in [9.17, 15) is 0 Å². The van der Waals surface area contributed by atoms with Crippen molar-refractivity contribution in [2.75, 3.05) is 13.7 Å². The lowest BCUT2D eigenvalue weighted by Gasteiger charge is -2.08. The molecular weight excluding hydrogens is 226 g/mol. The van der Waals surface area contributed by atoms with E-state index >= 15 is 0 Å². The number of aromatic nitrogens is 2. The first-order chi connectivity index (χ1) is 8.78. The Bertz CT molecular complexity index is 520. The molecule has 0 bridgehead atoms. The van der Waals surface area contributed by atoms with E-state index in [0.29, 0.717) is 6.54 Å². The van der Waals surface area contributed by atoms with E-state index in [4.69, 9.17) is 10.5 Å². The molecule has 0 saturated carbocycles. The van der Waals surface area contributed by atoms with Crippen LogP contribution in [0.25, 0.3) is 11.1 Å². The van der Waals surface area contributed by atoms with E-state index in [1.807, 2.05) is 23.1 Å². The van der Waals surface area contributed by atoms with E-state index in [0.717, 1.165) is 29.8 Å². The predicted molar refractivity (Wildman–Crippen MR) is 72.6 cm³/mol. The van der Waals surface area contributed by atoms with Crippen LogP contribution in [0.15, 0.2) is 30.6 Å². The van der Waals surface area contributed by atoms with Gasteiger partial charge in [0.05, 0.1) is 19.9 Å². The highest BCUT2D eigenvalue weighted by molar-refractivity contribution is 5.70.